The number of rotatable bonds is 8. The second-order valence-electron chi connectivity index (χ2n) is 9.58. The van der Waals surface area contributed by atoms with Gasteiger partial charge in [-0.15, -0.1) is 5.10 Å². The van der Waals surface area contributed by atoms with Gasteiger partial charge in [0.25, 0.3) is 5.88 Å². The molecular formula is C27H36N3O6+. The Labute approximate surface area is 212 Å². The summed E-state index contributed by atoms with van der Waals surface area (Å²) in [6.45, 7) is 5.37. The number of likely N-dealkylation sites (N-methyl/N-ethyl adjacent to an activating group) is 1. The zero-order valence-corrected chi connectivity index (χ0v) is 21.8. The lowest BCUT2D eigenvalue weighted by atomic mass is 10.0. The van der Waals surface area contributed by atoms with Gasteiger partial charge in [0.1, 0.15) is 23.6 Å². The first kappa shape index (κ1) is 24.8. The molecule has 0 aliphatic carbocycles. The molecule has 1 aromatic carbocycles. The van der Waals surface area contributed by atoms with Gasteiger partial charge in [-0.3, -0.25) is 4.48 Å². The average Bonchev–Trinajstić information content (AvgIpc) is 3.56. The topological polar surface area (TPSA) is 72.7 Å². The Hall–Kier alpha value is -2.85. The van der Waals surface area contributed by atoms with Crippen molar-refractivity contribution in [3.05, 3.63) is 35.9 Å². The molecule has 1 unspecified atom stereocenters. The Morgan fingerprint density at radius 3 is 2.25 bits per heavy atom. The molecule has 0 amide bonds. The Kier molecular flexibility index (Phi) is 7.07. The lowest BCUT2D eigenvalue weighted by molar-refractivity contribution is -0.0692. The van der Waals surface area contributed by atoms with Gasteiger partial charge in [0.15, 0.2) is 0 Å². The smallest absolute Gasteiger partial charge is 0.296 e. The van der Waals surface area contributed by atoms with Gasteiger partial charge in [-0.25, -0.2) is 4.52 Å². The Morgan fingerprint density at radius 2 is 1.64 bits per heavy atom. The van der Waals surface area contributed by atoms with Gasteiger partial charge in [0, 0.05) is 12.8 Å². The first-order chi connectivity index (χ1) is 17.5. The van der Waals surface area contributed by atoms with Crippen LogP contribution < -0.4 is 18.7 Å². The lowest BCUT2D eigenvalue weighted by Gasteiger charge is -2.43. The van der Waals surface area contributed by atoms with Crippen molar-refractivity contribution in [2.24, 2.45) is 0 Å². The third-order valence-corrected chi connectivity index (χ3v) is 7.43. The quantitative estimate of drug-likeness (QED) is 0.437. The molecule has 0 spiro atoms. The molecule has 0 radical (unpaired) electrons. The van der Waals surface area contributed by atoms with E-state index in [1.165, 1.54) is 0 Å². The van der Waals surface area contributed by atoms with Crippen molar-refractivity contribution in [3.63, 3.8) is 0 Å². The van der Waals surface area contributed by atoms with Gasteiger partial charge < -0.3 is 28.4 Å². The van der Waals surface area contributed by atoms with Crippen molar-refractivity contribution >= 4 is 11.2 Å². The normalized spacial score (nSPS) is 18.9. The van der Waals surface area contributed by atoms with E-state index in [0.29, 0.717) is 36.2 Å². The highest BCUT2D eigenvalue weighted by Crippen LogP contribution is 2.45. The number of pyridine rings is 1. The number of nitrogens with zero attached hydrogens (tertiary/aromatic N) is 3. The highest BCUT2D eigenvalue weighted by atomic mass is 16.7. The van der Waals surface area contributed by atoms with E-state index in [1.807, 2.05) is 35.7 Å². The maximum atomic E-state index is 5.93. The van der Waals surface area contributed by atoms with Gasteiger partial charge >= 0.3 is 0 Å². The van der Waals surface area contributed by atoms with Crippen LogP contribution in [0, 0.1) is 6.92 Å². The summed E-state index contributed by atoms with van der Waals surface area (Å²) in [5, 5.41) is 4.97. The summed E-state index contributed by atoms with van der Waals surface area (Å²) in [7, 11) is 7.26. The van der Waals surface area contributed by atoms with Crippen LogP contribution in [0.2, 0.25) is 0 Å². The van der Waals surface area contributed by atoms with Crippen LogP contribution in [0.1, 0.15) is 18.4 Å². The van der Waals surface area contributed by atoms with E-state index in [0.717, 1.165) is 65.6 Å². The first-order valence-corrected chi connectivity index (χ1v) is 12.5. The summed E-state index contributed by atoms with van der Waals surface area (Å²) in [6.07, 6.45) is 1.59. The zero-order chi connectivity index (χ0) is 25.3. The average molecular weight is 499 g/mol. The molecule has 9 heteroatoms. The largest absolute Gasteiger partial charge is 0.496 e. The number of hydrogen-bond donors (Lipinski definition) is 0. The molecule has 9 nitrogen and oxygen atoms in total. The van der Waals surface area contributed by atoms with Crippen LogP contribution in [0.3, 0.4) is 0 Å². The molecule has 0 N–H and O–H groups in total. The highest BCUT2D eigenvalue weighted by Gasteiger charge is 2.45. The van der Waals surface area contributed by atoms with E-state index in [-0.39, 0.29) is 6.29 Å². The van der Waals surface area contributed by atoms with Crippen molar-refractivity contribution in [2.75, 3.05) is 61.3 Å². The molecule has 2 saturated heterocycles. The SMILES string of the molecule is COc1cc(C)cc(OC)c1-c1cccc2c([N+](C)(CC3OCCO3)C3CCOCC3)c(OC)nn12. The van der Waals surface area contributed by atoms with Crippen LogP contribution in [-0.4, -0.2) is 83.3 Å². The first-order valence-electron chi connectivity index (χ1n) is 12.5. The summed E-state index contributed by atoms with van der Waals surface area (Å²) in [4.78, 5) is 0. The molecule has 0 saturated carbocycles. The van der Waals surface area contributed by atoms with Gasteiger partial charge in [0.05, 0.1) is 72.1 Å². The molecule has 3 aromatic rings. The number of aromatic nitrogens is 2. The number of quaternary nitrogens is 1. The number of fused-ring (bicyclic) bond motifs is 1. The number of methoxy groups -OCH3 is 3. The summed E-state index contributed by atoms with van der Waals surface area (Å²) in [6, 6.07) is 10.5. The maximum Gasteiger partial charge on any atom is 0.296 e. The number of aryl methyl sites for hydroxylation is 1. The molecule has 2 aliphatic rings. The summed E-state index contributed by atoms with van der Waals surface area (Å²) in [5.41, 5.74) is 4.73. The second kappa shape index (κ2) is 10.3. The van der Waals surface area contributed by atoms with Crippen LogP contribution in [0.4, 0.5) is 5.69 Å². The third kappa shape index (κ3) is 4.30. The molecule has 5 rings (SSSR count). The van der Waals surface area contributed by atoms with Crippen LogP contribution >= 0.6 is 0 Å². The minimum atomic E-state index is -0.280. The predicted octanol–water partition coefficient (Wildman–Crippen LogP) is 3.82. The molecule has 2 fully saturated rings. The number of hydrogen-bond acceptors (Lipinski definition) is 7. The fourth-order valence-electron chi connectivity index (χ4n) is 5.64. The molecule has 194 valence electrons. The Balaban J connectivity index is 1.73. The van der Waals surface area contributed by atoms with Crippen LogP contribution in [0.5, 0.6) is 17.4 Å². The van der Waals surface area contributed by atoms with Crippen LogP contribution in [-0.2, 0) is 14.2 Å². The molecule has 4 heterocycles. The molecule has 2 aliphatic heterocycles. The van der Waals surface area contributed by atoms with E-state index in [4.69, 9.17) is 33.5 Å². The van der Waals surface area contributed by atoms with Crippen molar-refractivity contribution in [1.82, 2.24) is 14.1 Å². The summed E-state index contributed by atoms with van der Waals surface area (Å²) >= 11 is 0. The van der Waals surface area contributed by atoms with Crippen LogP contribution in [0.25, 0.3) is 16.8 Å². The second-order valence-corrected chi connectivity index (χ2v) is 9.58. The summed E-state index contributed by atoms with van der Waals surface area (Å²) < 4.78 is 37.6. The molecule has 2 aromatic heterocycles. The molecular weight excluding hydrogens is 462 g/mol. The maximum absolute atomic E-state index is 5.93. The highest BCUT2D eigenvalue weighted by molar-refractivity contribution is 5.83. The van der Waals surface area contributed by atoms with E-state index in [9.17, 15) is 0 Å². The van der Waals surface area contributed by atoms with Crippen molar-refractivity contribution < 1.29 is 28.4 Å². The molecule has 0 bridgehead atoms. The fraction of sp³-hybridized carbons (Fsp3) is 0.519. The van der Waals surface area contributed by atoms with E-state index < -0.39 is 0 Å². The number of benzene rings is 1. The van der Waals surface area contributed by atoms with Crippen molar-refractivity contribution in [3.8, 4) is 28.6 Å². The zero-order valence-electron chi connectivity index (χ0n) is 21.8. The monoisotopic (exact) mass is 498 g/mol. The Bertz CT molecular complexity index is 1190. The minimum Gasteiger partial charge on any atom is -0.496 e. The molecule has 36 heavy (non-hydrogen) atoms. The van der Waals surface area contributed by atoms with Crippen LogP contribution in [0.15, 0.2) is 30.3 Å². The van der Waals surface area contributed by atoms with Gasteiger partial charge in [-0.05, 0) is 36.8 Å². The van der Waals surface area contributed by atoms with Gasteiger partial charge in [-0.2, -0.15) is 0 Å². The molecule has 1 atom stereocenters. The van der Waals surface area contributed by atoms with Crippen molar-refractivity contribution in [2.45, 2.75) is 32.1 Å². The fourth-order valence-corrected chi connectivity index (χ4v) is 5.64. The van der Waals surface area contributed by atoms with Gasteiger partial charge in [-0.1, -0.05) is 6.07 Å². The standard InChI is InChI=1S/C27H36N3O6/c1-18-15-22(31-3)25(23(16-18)32-4)20-7-6-8-21-26(27(33-5)28-29(20)21)30(2,17-24-35-13-14-36-24)19-9-11-34-12-10-19/h6-8,15-16,19,24H,9-14,17H2,1-5H3/q+1. The summed E-state index contributed by atoms with van der Waals surface area (Å²) in [5.74, 6) is 2.04. The Morgan fingerprint density at radius 1 is 0.972 bits per heavy atom. The van der Waals surface area contributed by atoms with E-state index in [1.54, 1.807) is 21.3 Å². The minimum absolute atomic E-state index is 0.280. The van der Waals surface area contributed by atoms with Crippen molar-refractivity contribution in [1.29, 1.82) is 0 Å². The third-order valence-electron chi connectivity index (χ3n) is 7.43. The van der Waals surface area contributed by atoms with Gasteiger partial charge in [0.2, 0.25) is 12.0 Å². The predicted molar refractivity (Wildman–Crippen MR) is 137 cm³/mol. The lowest BCUT2D eigenvalue weighted by Crippen LogP contribution is -2.59. The van der Waals surface area contributed by atoms with E-state index in [2.05, 4.69) is 13.1 Å². The number of ether oxygens (including phenoxy) is 6. The van der Waals surface area contributed by atoms with E-state index >= 15 is 0 Å².